The molecule has 0 aromatic heterocycles. The number of hydrogen-bond donors (Lipinski definition) is 2. The topological polar surface area (TPSA) is 77.8 Å². The van der Waals surface area contributed by atoms with Crippen LogP contribution in [0.1, 0.15) is 20.8 Å². The number of rotatable bonds is 0. The van der Waals surface area contributed by atoms with Gasteiger partial charge in [-0.2, -0.15) is 0 Å². The van der Waals surface area contributed by atoms with Crippen molar-refractivity contribution in [1.82, 2.24) is 4.90 Å². The molecular formula is C13H17NO4. The van der Waals surface area contributed by atoms with E-state index in [1.807, 2.05) is 26.8 Å². The van der Waals surface area contributed by atoms with E-state index < -0.39 is 18.0 Å². The zero-order valence-electron chi connectivity index (χ0n) is 10.6. The van der Waals surface area contributed by atoms with Crippen LogP contribution in [0.5, 0.6) is 0 Å². The average Bonchev–Trinajstić information content (AvgIpc) is 2.72. The maximum absolute atomic E-state index is 11.9. The molecule has 2 amide bonds. The van der Waals surface area contributed by atoms with Crippen molar-refractivity contribution >= 4 is 12.0 Å². The van der Waals surface area contributed by atoms with Gasteiger partial charge in [-0.3, -0.25) is 4.79 Å². The molecule has 0 radical (unpaired) electrons. The van der Waals surface area contributed by atoms with Gasteiger partial charge in [0.25, 0.3) is 5.91 Å². The lowest BCUT2D eigenvalue weighted by atomic mass is 9.72. The second-order valence-electron chi connectivity index (χ2n) is 5.84. The predicted octanol–water partition coefficient (Wildman–Crippen LogP) is 2.17. The minimum Gasteiger partial charge on any atom is -0.515 e. The van der Waals surface area contributed by atoms with Crippen LogP contribution >= 0.6 is 0 Å². The van der Waals surface area contributed by atoms with Crippen LogP contribution in [0.25, 0.3) is 0 Å². The monoisotopic (exact) mass is 251 g/mol. The van der Waals surface area contributed by atoms with Crippen molar-refractivity contribution in [1.29, 1.82) is 0 Å². The lowest BCUT2D eigenvalue weighted by molar-refractivity contribution is -0.123. The summed E-state index contributed by atoms with van der Waals surface area (Å²) < 4.78 is 0. The van der Waals surface area contributed by atoms with E-state index in [4.69, 9.17) is 5.11 Å². The summed E-state index contributed by atoms with van der Waals surface area (Å²) >= 11 is 0. The molecule has 1 fully saturated rings. The minimum absolute atomic E-state index is 0.0363. The summed E-state index contributed by atoms with van der Waals surface area (Å²) in [7, 11) is 0. The Labute approximate surface area is 105 Å². The second kappa shape index (κ2) is 3.86. The first-order valence-electron chi connectivity index (χ1n) is 5.88. The number of allylic oxidation sites excluding steroid dienone is 1. The van der Waals surface area contributed by atoms with E-state index in [1.165, 1.54) is 0 Å². The number of aliphatic hydroxyl groups excluding tert-OH is 1. The summed E-state index contributed by atoms with van der Waals surface area (Å²) in [6, 6.07) is -0.488. The third-order valence-corrected chi connectivity index (χ3v) is 3.74. The van der Waals surface area contributed by atoms with Crippen molar-refractivity contribution in [3.63, 3.8) is 0 Å². The standard InChI is InChI=1S/C13H17NO4/c1-13(2,3)8-4-5-9-10(8)7(6-15)11(16)14(9)12(17)18/h4-6,8-10,15H,1-3H3,(H,17,18). The number of carbonyl (C=O) groups excluding carboxylic acids is 1. The fraction of sp³-hybridized carbons (Fsp3) is 0.538. The fourth-order valence-electron chi connectivity index (χ4n) is 2.91. The molecule has 18 heavy (non-hydrogen) atoms. The Morgan fingerprint density at radius 2 is 2.00 bits per heavy atom. The molecule has 3 unspecified atom stereocenters. The van der Waals surface area contributed by atoms with Crippen molar-refractivity contribution in [2.24, 2.45) is 17.3 Å². The molecule has 2 aliphatic rings. The molecule has 0 saturated carbocycles. The van der Waals surface area contributed by atoms with E-state index in [2.05, 4.69) is 0 Å². The van der Waals surface area contributed by atoms with E-state index in [0.29, 0.717) is 0 Å². The van der Waals surface area contributed by atoms with Crippen molar-refractivity contribution < 1.29 is 19.8 Å². The van der Waals surface area contributed by atoms with Crippen LogP contribution in [0.3, 0.4) is 0 Å². The molecule has 2 rings (SSSR count). The zero-order chi connectivity index (χ0) is 13.7. The van der Waals surface area contributed by atoms with Crippen molar-refractivity contribution in [3.8, 4) is 0 Å². The first-order chi connectivity index (χ1) is 8.29. The molecule has 1 aliphatic heterocycles. The third kappa shape index (κ3) is 1.62. The number of amides is 2. The summed E-state index contributed by atoms with van der Waals surface area (Å²) in [5.41, 5.74) is 0.0891. The molecule has 0 spiro atoms. The van der Waals surface area contributed by atoms with Gasteiger partial charge in [0.1, 0.15) is 0 Å². The van der Waals surface area contributed by atoms with E-state index in [1.54, 1.807) is 6.08 Å². The van der Waals surface area contributed by atoms with Gasteiger partial charge in [0, 0.05) is 5.92 Å². The van der Waals surface area contributed by atoms with Crippen molar-refractivity contribution in [2.75, 3.05) is 0 Å². The van der Waals surface area contributed by atoms with Crippen LogP contribution < -0.4 is 0 Å². The first-order valence-corrected chi connectivity index (χ1v) is 5.88. The second-order valence-corrected chi connectivity index (χ2v) is 5.84. The quantitative estimate of drug-likeness (QED) is 0.393. The average molecular weight is 251 g/mol. The lowest BCUT2D eigenvalue weighted by Crippen LogP contribution is -2.38. The highest BCUT2D eigenvalue weighted by Crippen LogP contribution is 2.48. The summed E-state index contributed by atoms with van der Waals surface area (Å²) in [5.74, 6) is -0.855. The highest BCUT2D eigenvalue weighted by Gasteiger charge is 2.53. The number of nitrogens with zero attached hydrogens (tertiary/aromatic N) is 1. The molecule has 5 nitrogen and oxygen atoms in total. The maximum Gasteiger partial charge on any atom is 0.414 e. The van der Waals surface area contributed by atoms with E-state index >= 15 is 0 Å². The van der Waals surface area contributed by atoms with Gasteiger partial charge in [0.2, 0.25) is 0 Å². The molecule has 5 heteroatoms. The molecule has 1 aliphatic carbocycles. The Kier molecular flexibility index (Phi) is 2.72. The fourth-order valence-corrected chi connectivity index (χ4v) is 2.91. The molecule has 0 bridgehead atoms. The van der Waals surface area contributed by atoms with Crippen LogP contribution in [0.15, 0.2) is 24.0 Å². The molecule has 1 saturated heterocycles. The minimum atomic E-state index is -1.27. The molecular weight excluding hydrogens is 234 g/mol. The smallest absolute Gasteiger partial charge is 0.414 e. The molecule has 2 N–H and O–H groups in total. The molecule has 0 aromatic carbocycles. The summed E-state index contributed by atoms with van der Waals surface area (Å²) in [5, 5.41) is 18.3. The highest BCUT2D eigenvalue weighted by atomic mass is 16.4. The molecule has 0 aromatic rings. The summed E-state index contributed by atoms with van der Waals surface area (Å²) in [4.78, 5) is 23.9. The van der Waals surface area contributed by atoms with Crippen molar-refractivity contribution in [2.45, 2.75) is 26.8 Å². The van der Waals surface area contributed by atoms with Gasteiger partial charge in [0.05, 0.1) is 17.9 Å². The van der Waals surface area contributed by atoms with Crippen LogP contribution in [0, 0.1) is 17.3 Å². The van der Waals surface area contributed by atoms with Gasteiger partial charge in [-0.15, -0.1) is 0 Å². The summed E-state index contributed by atoms with van der Waals surface area (Å²) in [6.07, 6.45) is 3.19. The Morgan fingerprint density at radius 1 is 1.39 bits per heavy atom. The van der Waals surface area contributed by atoms with Gasteiger partial charge in [-0.05, 0) is 11.3 Å². The largest absolute Gasteiger partial charge is 0.515 e. The van der Waals surface area contributed by atoms with Gasteiger partial charge in [0.15, 0.2) is 0 Å². The Morgan fingerprint density at radius 3 is 2.44 bits per heavy atom. The number of imide groups is 1. The van der Waals surface area contributed by atoms with E-state index in [0.717, 1.165) is 11.2 Å². The highest BCUT2D eigenvalue weighted by molar-refractivity contribution is 6.05. The van der Waals surface area contributed by atoms with Crippen LogP contribution in [-0.2, 0) is 4.79 Å². The summed E-state index contributed by atoms with van der Waals surface area (Å²) in [6.45, 7) is 6.11. The van der Waals surface area contributed by atoms with Gasteiger partial charge in [-0.1, -0.05) is 32.9 Å². The maximum atomic E-state index is 11.9. The van der Waals surface area contributed by atoms with Crippen LogP contribution in [0.2, 0.25) is 0 Å². The molecule has 98 valence electrons. The Bertz CT molecular complexity index is 458. The van der Waals surface area contributed by atoms with Gasteiger partial charge in [-0.25, -0.2) is 9.69 Å². The Hall–Kier alpha value is -1.78. The lowest BCUT2D eigenvalue weighted by Gasteiger charge is -2.31. The molecule has 3 atom stereocenters. The predicted molar refractivity (Wildman–Crippen MR) is 64.9 cm³/mol. The SMILES string of the molecule is CC(C)(C)C1C=CC2C1C(=CO)C(=O)N2C(=O)O. The number of fused-ring (bicyclic) bond motifs is 1. The number of carboxylic acid groups (broad SMARTS) is 1. The van der Waals surface area contributed by atoms with Gasteiger partial charge < -0.3 is 10.2 Å². The van der Waals surface area contributed by atoms with E-state index in [9.17, 15) is 14.7 Å². The third-order valence-electron chi connectivity index (χ3n) is 3.74. The number of carbonyl (C=O) groups is 2. The van der Waals surface area contributed by atoms with Crippen molar-refractivity contribution in [3.05, 3.63) is 24.0 Å². The number of aliphatic hydroxyl groups is 1. The van der Waals surface area contributed by atoms with Crippen LogP contribution in [-0.4, -0.2) is 33.2 Å². The van der Waals surface area contributed by atoms with Crippen LogP contribution in [0.4, 0.5) is 4.79 Å². The number of likely N-dealkylation sites (tertiary alicyclic amines) is 1. The normalized spacial score (nSPS) is 33.3. The Balaban J connectivity index is 2.45. The zero-order valence-corrected chi connectivity index (χ0v) is 10.6. The first kappa shape index (κ1) is 12.7. The van der Waals surface area contributed by atoms with Gasteiger partial charge >= 0.3 is 6.09 Å². The number of hydrogen-bond acceptors (Lipinski definition) is 3. The molecule has 1 heterocycles. The van der Waals surface area contributed by atoms with E-state index in [-0.39, 0.29) is 22.8 Å².